The maximum Gasteiger partial charge on any atom is 0.239 e. The Morgan fingerprint density at radius 1 is 1.18 bits per heavy atom. The van der Waals surface area contributed by atoms with Crippen LogP contribution in [0.25, 0.3) is 0 Å². The van der Waals surface area contributed by atoms with Gasteiger partial charge in [0, 0.05) is 38.8 Å². The number of carbonyl (C=O) groups excluding carboxylic acids is 1. The van der Waals surface area contributed by atoms with Gasteiger partial charge in [-0.3, -0.25) is 9.79 Å². The molecule has 166 valence electrons. The third kappa shape index (κ3) is 10.2. The highest BCUT2D eigenvalue weighted by Gasteiger charge is 2.28. The number of rotatable bonds is 7. The van der Waals surface area contributed by atoms with Crippen molar-refractivity contribution in [3.05, 3.63) is 0 Å². The molecule has 0 spiro atoms. The molecule has 0 unspecified atom stereocenters. The van der Waals surface area contributed by atoms with Gasteiger partial charge in [0.1, 0.15) is 0 Å². The van der Waals surface area contributed by atoms with Gasteiger partial charge in [-0.1, -0.05) is 0 Å². The van der Waals surface area contributed by atoms with E-state index in [1.54, 1.807) is 7.05 Å². The molecule has 0 aromatic heterocycles. The summed E-state index contributed by atoms with van der Waals surface area (Å²) < 4.78 is 31.6. The summed E-state index contributed by atoms with van der Waals surface area (Å²) in [5.41, 5.74) is -0.290. The number of aliphatic imine (C=N–C) groups is 1. The number of ether oxygens (including phenoxy) is 1. The second-order valence-corrected chi connectivity index (χ2v) is 9.91. The number of carbonyl (C=O) groups is 1. The maximum absolute atomic E-state index is 12.4. The zero-order chi connectivity index (χ0) is 20.7. The second kappa shape index (κ2) is 12.1. The van der Waals surface area contributed by atoms with E-state index >= 15 is 0 Å². The molecule has 9 nitrogen and oxygen atoms in total. The third-order valence-corrected chi connectivity index (χ3v) is 5.69. The summed E-state index contributed by atoms with van der Waals surface area (Å²) in [6.07, 6.45) is 0.0157. The first-order valence-corrected chi connectivity index (χ1v) is 10.9. The Bertz CT molecular complexity index is 612. The second-order valence-electron chi connectivity index (χ2n) is 7.82. The fourth-order valence-corrected chi connectivity index (χ4v) is 3.94. The van der Waals surface area contributed by atoms with Crippen LogP contribution in [0, 0.1) is 0 Å². The average Bonchev–Trinajstić information content (AvgIpc) is 2.53. The van der Waals surface area contributed by atoms with E-state index < -0.39 is 10.0 Å². The largest absolute Gasteiger partial charge is 0.378 e. The topological polar surface area (TPSA) is 103 Å². The standard InChI is InChI=1S/C17H35N5O4S.HI/c1-14(2)26-11-12-27(24,25)22-9-7-21(8-10-22)16(18-6)19-13-15(23)20-17(3,4)5;/h14H,7-13H2,1-6H3,(H,18,19)(H,20,23);1H. The predicted molar refractivity (Wildman–Crippen MR) is 123 cm³/mol. The van der Waals surface area contributed by atoms with Gasteiger partial charge in [-0.05, 0) is 34.6 Å². The predicted octanol–water partition coefficient (Wildman–Crippen LogP) is 0.467. The van der Waals surface area contributed by atoms with Crippen LogP contribution in [-0.4, -0.2) is 93.3 Å². The summed E-state index contributed by atoms with van der Waals surface area (Å²) in [5, 5.41) is 5.92. The van der Waals surface area contributed by atoms with Gasteiger partial charge >= 0.3 is 0 Å². The molecule has 1 saturated heterocycles. The number of halogens is 1. The molecule has 1 heterocycles. The number of hydrogen-bond donors (Lipinski definition) is 2. The van der Waals surface area contributed by atoms with Crippen molar-refractivity contribution >= 4 is 45.9 Å². The highest BCUT2D eigenvalue weighted by molar-refractivity contribution is 14.0. The number of piperazine rings is 1. The lowest BCUT2D eigenvalue weighted by atomic mass is 10.1. The van der Waals surface area contributed by atoms with Crippen LogP contribution in [0.5, 0.6) is 0 Å². The lowest BCUT2D eigenvalue weighted by molar-refractivity contribution is -0.121. The van der Waals surface area contributed by atoms with Crippen LogP contribution in [0.2, 0.25) is 0 Å². The number of hydrogen-bond acceptors (Lipinski definition) is 5. The monoisotopic (exact) mass is 533 g/mol. The molecule has 0 aromatic rings. The minimum atomic E-state index is -3.32. The Balaban J connectivity index is 0.00000729. The number of guanidine groups is 1. The van der Waals surface area contributed by atoms with E-state index in [0.717, 1.165) is 0 Å². The molecule has 1 rings (SSSR count). The zero-order valence-electron chi connectivity index (χ0n) is 17.8. The molecule has 11 heteroatoms. The van der Waals surface area contributed by atoms with Crippen LogP contribution in [0.4, 0.5) is 0 Å². The Morgan fingerprint density at radius 3 is 2.21 bits per heavy atom. The zero-order valence-corrected chi connectivity index (χ0v) is 21.0. The van der Waals surface area contributed by atoms with Crippen molar-refractivity contribution < 1.29 is 17.9 Å². The Labute approximate surface area is 186 Å². The Kier molecular flexibility index (Phi) is 11.8. The van der Waals surface area contributed by atoms with Crippen molar-refractivity contribution in [1.82, 2.24) is 19.8 Å². The number of nitrogens with zero attached hydrogens (tertiary/aromatic N) is 3. The Morgan fingerprint density at radius 2 is 1.75 bits per heavy atom. The molecule has 2 N–H and O–H groups in total. The van der Waals surface area contributed by atoms with Crippen LogP contribution in [0.3, 0.4) is 0 Å². The first-order chi connectivity index (χ1) is 12.4. The van der Waals surface area contributed by atoms with E-state index in [4.69, 9.17) is 4.74 Å². The van der Waals surface area contributed by atoms with Gasteiger partial charge in [0.05, 0.1) is 25.0 Å². The van der Waals surface area contributed by atoms with Gasteiger partial charge in [-0.2, -0.15) is 4.31 Å². The van der Waals surface area contributed by atoms with Gasteiger partial charge in [0.25, 0.3) is 0 Å². The van der Waals surface area contributed by atoms with Gasteiger partial charge in [-0.25, -0.2) is 8.42 Å². The quantitative estimate of drug-likeness (QED) is 0.280. The summed E-state index contributed by atoms with van der Waals surface area (Å²) in [6.45, 7) is 11.7. The lowest BCUT2D eigenvalue weighted by Gasteiger charge is -2.35. The fraction of sp³-hybridized carbons (Fsp3) is 0.882. The van der Waals surface area contributed by atoms with E-state index in [9.17, 15) is 13.2 Å². The van der Waals surface area contributed by atoms with E-state index in [1.807, 2.05) is 39.5 Å². The number of nitrogens with one attached hydrogen (secondary N) is 2. The fourth-order valence-electron chi connectivity index (χ4n) is 2.65. The normalized spacial score (nSPS) is 16.7. The average molecular weight is 533 g/mol. The van der Waals surface area contributed by atoms with Crippen molar-refractivity contribution in [3.63, 3.8) is 0 Å². The van der Waals surface area contributed by atoms with Gasteiger partial charge in [0.2, 0.25) is 15.9 Å². The molecule has 0 aliphatic carbocycles. The molecule has 1 aliphatic rings. The van der Waals surface area contributed by atoms with Crippen molar-refractivity contribution in [3.8, 4) is 0 Å². The first kappa shape index (κ1) is 27.3. The summed E-state index contributed by atoms with van der Waals surface area (Å²) in [7, 11) is -1.67. The van der Waals surface area contributed by atoms with Crippen LogP contribution >= 0.6 is 24.0 Å². The van der Waals surface area contributed by atoms with Crippen molar-refractivity contribution in [2.24, 2.45) is 4.99 Å². The van der Waals surface area contributed by atoms with Crippen molar-refractivity contribution in [1.29, 1.82) is 0 Å². The minimum absolute atomic E-state index is 0. The third-order valence-electron chi connectivity index (χ3n) is 3.86. The molecule has 1 fully saturated rings. The lowest BCUT2D eigenvalue weighted by Crippen LogP contribution is -2.55. The first-order valence-electron chi connectivity index (χ1n) is 9.30. The van der Waals surface area contributed by atoms with Gasteiger partial charge in [-0.15, -0.1) is 24.0 Å². The number of sulfonamides is 1. The van der Waals surface area contributed by atoms with E-state index in [-0.39, 0.29) is 60.4 Å². The molecule has 28 heavy (non-hydrogen) atoms. The molecule has 1 amide bonds. The summed E-state index contributed by atoms with van der Waals surface area (Å²) >= 11 is 0. The molecule has 1 aliphatic heterocycles. The van der Waals surface area contributed by atoms with Crippen molar-refractivity contribution in [2.45, 2.75) is 46.3 Å². The smallest absolute Gasteiger partial charge is 0.239 e. The maximum atomic E-state index is 12.4. The van der Waals surface area contributed by atoms with E-state index in [0.29, 0.717) is 32.1 Å². The highest BCUT2D eigenvalue weighted by Crippen LogP contribution is 2.09. The molecule has 0 bridgehead atoms. The van der Waals surface area contributed by atoms with Crippen LogP contribution in [-0.2, 0) is 19.6 Å². The molecular weight excluding hydrogens is 497 g/mol. The SMILES string of the molecule is CN=C(NCC(=O)NC(C)(C)C)N1CCN(S(=O)(=O)CCOC(C)C)CC1.I. The van der Waals surface area contributed by atoms with Crippen LogP contribution in [0.15, 0.2) is 4.99 Å². The molecule has 0 atom stereocenters. The summed E-state index contributed by atoms with van der Waals surface area (Å²) in [4.78, 5) is 18.1. The summed E-state index contributed by atoms with van der Waals surface area (Å²) in [5.74, 6) is 0.472. The minimum Gasteiger partial charge on any atom is -0.378 e. The molecular formula is C17H36IN5O4S. The molecule has 0 aromatic carbocycles. The van der Waals surface area contributed by atoms with Gasteiger partial charge < -0.3 is 20.3 Å². The van der Waals surface area contributed by atoms with Crippen LogP contribution in [0.1, 0.15) is 34.6 Å². The summed E-state index contributed by atoms with van der Waals surface area (Å²) in [6, 6.07) is 0. The number of amides is 1. The van der Waals surface area contributed by atoms with Gasteiger partial charge in [0.15, 0.2) is 5.96 Å². The van der Waals surface area contributed by atoms with E-state index in [2.05, 4.69) is 15.6 Å². The van der Waals surface area contributed by atoms with E-state index in [1.165, 1.54) is 4.31 Å². The van der Waals surface area contributed by atoms with Crippen molar-refractivity contribution in [2.75, 3.05) is 52.1 Å². The Hall–Kier alpha value is -0.660. The molecule has 0 radical (unpaired) electrons. The van der Waals surface area contributed by atoms with Crippen LogP contribution < -0.4 is 10.6 Å². The highest BCUT2D eigenvalue weighted by atomic mass is 127. The molecule has 0 saturated carbocycles.